The highest BCUT2D eigenvalue weighted by atomic mass is 127. The summed E-state index contributed by atoms with van der Waals surface area (Å²) in [6.07, 6.45) is 3.30. The summed E-state index contributed by atoms with van der Waals surface area (Å²) in [7, 11) is 0. The van der Waals surface area contributed by atoms with Crippen LogP contribution < -0.4 is 5.32 Å². The van der Waals surface area contributed by atoms with E-state index in [2.05, 4.69) is 10.3 Å². The van der Waals surface area contributed by atoms with Gasteiger partial charge in [0, 0.05) is 24.5 Å². The van der Waals surface area contributed by atoms with Crippen molar-refractivity contribution < 1.29 is 9.31 Å². The monoisotopic (exact) mass is 387 g/mol. The summed E-state index contributed by atoms with van der Waals surface area (Å²) in [5.41, 5.74) is 0.872. The summed E-state index contributed by atoms with van der Waals surface area (Å²) in [4.78, 5) is 14.5. The number of nitrogens with one attached hydrogen (secondary N) is 1. The number of benzene rings is 1. The summed E-state index contributed by atoms with van der Waals surface area (Å²) in [6, 6.07) is 5.76. The minimum atomic E-state index is -0.528. The van der Waals surface area contributed by atoms with Crippen molar-refractivity contribution in [2.24, 2.45) is 0 Å². The molecular formula is C13H11FIN3O2. The van der Waals surface area contributed by atoms with Gasteiger partial charge in [-0.15, -0.1) is 0 Å². The molecule has 0 fully saturated rings. The van der Waals surface area contributed by atoms with Crippen molar-refractivity contribution in [3.8, 4) is 0 Å². The first kappa shape index (κ1) is 14.6. The predicted octanol–water partition coefficient (Wildman–Crippen LogP) is 3.91. The average Bonchev–Trinajstić information content (AvgIpc) is 2.43. The maximum Gasteiger partial charge on any atom is 0.293 e. The van der Waals surface area contributed by atoms with Crippen LogP contribution in [-0.2, 0) is 0 Å². The summed E-state index contributed by atoms with van der Waals surface area (Å²) < 4.78 is 13.8. The minimum Gasteiger partial charge on any atom is -0.373 e. The fourth-order valence-corrected chi connectivity index (χ4v) is 2.20. The molecule has 0 radical (unpaired) electrons. The van der Waals surface area contributed by atoms with Gasteiger partial charge >= 0.3 is 0 Å². The lowest BCUT2D eigenvalue weighted by Crippen LogP contribution is -2.09. The second kappa shape index (κ2) is 6.12. The molecule has 20 heavy (non-hydrogen) atoms. The number of aromatic nitrogens is 1. The number of anilines is 1. The third-order valence-corrected chi connectivity index (χ3v) is 3.62. The highest BCUT2D eigenvalue weighted by Crippen LogP contribution is 2.31. The van der Waals surface area contributed by atoms with Gasteiger partial charge in [0.25, 0.3) is 5.69 Å². The molecule has 0 aliphatic heterocycles. The molecule has 1 aromatic heterocycles. The second-order valence-corrected chi connectivity index (χ2v) is 5.36. The molecule has 1 atom stereocenters. The van der Waals surface area contributed by atoms with Crippen molar-refractivity contribution in [2.45, 2.75) is 13.0 Å². The number of hydrogen-bond donors (Lipinski definition) is 1. The third-order valence-electron chi connectivity index (χ3n) is 2.79. The van der Waals surface area contributed by atoms with Crippen LogP contribution >= 0.6 is 22.6 Å². The lowest BCUT2D eigenvalue weighted by atomic mass is 10.1. The van der Waals surface area contributed by atoms with Gasteiger partial charge in [0.2, 0.25) is 0 Å². The molecule has 0 bridgehead atoms. The number of pyridine rings is 1. The van der Waals surface area contributed by atoms with Crippen molar-refractivity contribution in [3.63, 3.8) is 0 Å². The molecule has 104 valence electrons. The van der Waals surface area contributed by atoms with Gasteiger partial charge in [-0.05, 0) is 41.1 Å². The molecule has 0 amide bonds. The molecule has 7 heteroatoms. The van der Waals surface area contributed by atoms with Crippen LogP contribution in [0, 0.1) is 19.5 Å². The van der Waals surface area contributed by atoms with Crippen molar-refractivity contribution in [1.82, 2.24) is 4.98 Å². The number of nitro groups is 1. The van der Waals surface area contributed by atoms with Gasteiger partial charge in [-0.25, -0.2) is 4.39 Å². The van der Waals surface area contributed by atoms with E-state index >= 15 is 0 Å². The fourth-order valence-electron chi connectivity index (χ4n) is 1.75. The Bertz CT molecular complexity index is 637. The topological polar surface area (TPSA) is 68.1 Å². The number of rotatable bonds is 4. The van der Waals surface area contributed by atoms with Crippen LogP contribution in [-0.4, -0.2) is 9.91 Å². The van der Waals surface area contributed by atoms with Gasteiger partial charge < -0.3 is 5.32 Å². The lowest BCUT2D eigenvalue weighted by Gasteiger charge is -2.15. The zero-order valence-electron chi connectivity index (χ0n) is 10.5. The maximum atomic E-state index is 13.6. The summed E-state index contributed by atoms with van der Waals surface area (Å²) in [5, 5.41) is 14.0. The quantitative estimate of drug-likeness (QED) is 0.491. The van der Waals surface area contributed by atoms with E-state index in [0.29, 0.717) is 0 Å². The number of hydrogen-bond acceptors (Lipinski definition) is 4. The van der Waals surface area contributed by atoms with Crippen LogP contribution in [0.1, 0.15) is 18.5 Å². The van der Waals surface area contributed by atoms with E-state index in [1.54, 1.807) is 41.1 Å². The zero-order valence-corrected chi connectivity index (χ0v) is 12.7. The average molecular weight is 387 g/mol. The highest BCUT2D eigenvalue weighted by molar-refractivity contribution is 14.1. The van der Waals surface area contributed by atoms with Gasteiger partial charge in [0.15, 0.2) is 0 Å². The molecule has 0 saturated carbocycles. The summed E-state index contributed by atoms with van der Waals surface area (Å²) in [6.45, 7) is 1.83. The van der Waals surface area contributed by atoms with Gasteiger partial charge in [0.05, 0.1) is 14.5 Å². The molecular weight excluding hydrogens is 376 g/mol. The van der Waals surface area contributed by atoms with Crippen LogP contribution in [0.5, 0.6) is 0 Å². The van der Waals surface area contributed by atoms with Gasteiger partial charge in [-0.1, -0.05) is 6.07 Å². The normalized spacial score (nSPS) is 11.9. The first-order chi connectivity index (χ1) is 9.49. The third kappa shape index (κ3) is 3.21. The van der Waals surface area contributed by atoms with Crippen LogP contribution in [0.4, 0.5) is 15.8 Å². The zero-order chi connectivity index (χ0) is 14.7. The first-order valence-corrected chi connectivity index (χ1v) is 6.87. The molecule has 1 unspecified atom stereocenters. The molecule has 1 aromatic carbocycles. The van der Waals surface area contributed by atoms with Gasteiger partial charge in [-0.2, -0.15) is 0 Å². The van der Waals surface area contributed by atoms with Crippen LogP contribution in [0.25, 0.3) is 0 Å². The van der Waals surface area contributed by atoms with Crippen LogP contribution in [0.3, 0.4) is 0 Å². The van der Waals surface area contributed by atoms with Crippen LogP contribution in [0.15, 0.2) is 36.7 Å². The van der Waals surface area contributed by atoms with E-state index in [4.69, 9.17) is 0 Å². The second-order valence-electron chi connectivity index (χ2n) is 4.19. The Kier molecular flexibility index (Phi) is 4.48. The Morgan fingerprint density at radius 3 is 2.85 bits per heavy atom. The summed E-state index contributed by atoms with van der Waals surface area (Å²) in [5.74, 6) is -0.489. The molecule has 0 spiro atoms. The Morgan fingerprint density at radius 1 is 1.50 bits per heavy atom. The smallest absolute Gasteiger partial charge is 0.293 e. The van der Waals surface area contributed by atoms with Crippen molar-refractivity contribution in [2.75, 3.05) is 5.32 Å². The molecule has 0 aliphatic rings. The van der Waals surface area contributed by atoms with Gasteiger partial charge in [0.1, 0.15) is 11.5 Å². The Balaban J connectivity index is 2.33. The molecule has 1 heterocycles. The van der Waals surface area contributed by atoms with Crippen molar-refractivity contribution in [1.29, 1.82) is 0 Å². The van der Waals surface area contributed by atoms with E-state index in [0.717, 1.165) is 11.6 Å². The minimum absolute atomic E-state index is 0.147. The van der Waals surface area contributed by atoms with Crippen molar-refractivity contribution >= 4 is 34.0 Å². The van der Waals surface area contributed by atoms with Crippen molar-refractivity contribution in [3.05, 3.63) is 61.7 Å². The lowest BCUT2D eigenvalue weighted by molar-refractivity contribution is -0.384. The molecule has 0 aliphatic carbocycles. The number of nitro benzene ring substituents is 1. The molecule has 2 aromatic rings. The number of nitrogens with zero attached hydrogens (tertiary/aromatic N) is 2. The fraction of sp³-hybridized carbons (Fsp3) is 0.154. The maximum absolute atomic E-state index is 13.6. The van der Waals surface area contributed by atoms with E-state index in [1.807, 2.05) is 13.0 Å². The molecule has 5 nitrogen and oxygen atoms in total. The van der Waals surface area contributed by atoms with E-state index in [9.17, 15) is 14.5 Å². The first-order valence-electron chi connectivity index (χ1n) is 5.79. The molecule has 1 N–H and O–H groups in total. The Labute approximate surface area is 128 Å². The van der Waals surface area contributed by atoms with E-state index in [-0.39, 0.29) is 21.0 Å². The van der Waals surface area contributed by atoms with Crippen LogP contribution in [0.2, 0.25) is 0 Å². The SMILES string of the molecule is CC(Nc1cc(F)c(I)cc1[N+](=O)[O-])c1cccnc1. The number of halogens is 2. The predicted molar refractivity (Wildman–Crippen MR) is 82.0 cm³/mol. The van der Waals surface area contributed by atoms with E-state index in [1.165, 1.54) is 6.07 Å². The highest BCUT2D eigenvalue weighted by Gasteiger charge is 2.19. The molecule has 0 saturated heterocycles. The molecule has 2 rings (SSSR count). The standard InChI is InChI=1S/C13H11FIN3O2/c1-8(9-3-2-4-16-7-9)17-12-5-10(14)11(15)6-13(12)18(19)20/h2-8,17H,1H3. The van der Waals surface area contributed by atoms with Gasteiger partial charge in [-0.3, -0.25) is 15.1 Å². The summed E-state index contributed by atoms with van der Waals surface area (Å²) >= 11 is 1.73. The Hall–Kier alpha value is -1.77. The largest absolute Gasteiger partial charge is 0.373 e. The van der Waals surface area contributed by atoms with E-state index < -0.39 is 10.7 Å². The Morgan fingerprint density at radius 2 is 2.25 bits per heavy atom.